The van der Waals surface area contributed by atoms with E-state index in [-0.39, 0.29) is 0 Å². The maximum absolute atomic E-state index is 9.49. The number of nitrogens with zero attached hydrogens (tertiary/aromatic N) is 1. The Labute approximate surface area is 94.8 Å². The van der Waals surface area contributed by atoms with Crippen molar-refractivity contribution >= 4 is 0 Å². The molecule has 1 aromatic carbocycles. The fourth-order valence-electron chi connectivity index (χ4n) is 1.48. The summed E-state index contributed by atoms with van der Waals surface area (Å²) in [6.07, 6.45) is -0.491. The smallest absolute Gasteiger partial charge is 0.226 e. The summed E-state index contributed by atoms with van der Waals surface area (Å²) in [4.78, 5) is 4.22. The van der Waals surface area contributed by atoms with Crippen LogP contribution in [0.1, 0.15) is 30.0 Å². The van der Waals surface area contributed by atoms with Gasteiger partial charge in [-0.25, -0.2) is 4.98 Å². The van der Waals surface area contributed by atoms with Crippen LogP contribution in [0.25, 0.3) is 11.5 Å². The minimum absolute atomic E-state index is 0.491. The van der Waals surface area contributed by atoms with Crippen LogP contribution in [0.2, 0.25) is 0 Å². The van der Waals surface area contributed by atoms with E-state index < -0.39 is 6.10 Å². The molecule has 1 aromatic heterocycles. The summed E-state index contributed by atoms with van der Waals surface area (Å²) in [7, 11) is 0. The van der Waals surface area contributed by atoms with Crippen LogP contribution in [0.15, 0.2) is 28.7 Å². The molecule has 0 saturated heterocycles. The normalized spacial score (nSPS) is 12.8. The van der Waals surface area contributed by atoms with E-state index in [0.717, 1.165) is 16.9 Å². The SMILES string of the molecule is [CH2]c1nc(-c2cccc(C(C)O)c2)oc1C. The number of hydrogen-bond donors (Lipinski definition) is 1. The Balaban J connectivity index is 2.44. The lowest BCUT2D eigenvalue weighted by molar-refractivity contribution is 0.199. The van der Waals surface area contributed by atoms with Gasteiger partial charge >= 0.3 is 0 Å². The second-order valence-electron chi connectivity index (χ2n) is 3.82. The molecule has 0 aliphatic heterocycles. The van der Waals surface area contributed by atoms with E-state index in [9.17, 15) is 5.11 Å². The molecule has 1 atom stereocenters. The van der Waals surface area contributed by atoms with Crippen molar-refractivity contribution in [2.75, 3.05) is 0 Å². The molecule has 2 aromatic rings. The first-order valence-electron chi connectivity index (χ1n) is 5.15. The van der Waals surface area contributed by atoms with Gasteiger partial charge in [0.15, 0.2) is 0 Å². The van der Waals surface area contributed by atoms with Crippen LogP contribution in [0, 0.1) is 13.8 Å². The number of aromatic nitrogens is 1. The topological polar surface area (TPSA) is 46.3 Å². The quantitative estimate of drug-likeness (QED) is 0.839. The lowest BCUT2D eigenvalue weighted by atomic mass is 10.1. The summed E-state index contributed by atoms with van der Waals surface area (Å²) in [5.74, 6) is 1.27. The van der Waals surface area contributed by atoms with Crippen LogP contribution in [0.5, 0.6) is 0 Å². The van der Waals surface area contributed by atoms with Crippen molar-refractivity contribution in [1.29, 1.82) is 0 Å². The van der Waals surface area contributed by atoms with Crippen molar-refractivity contribution in [3.05, 3.63) is 48.2 Å². The molecule has 1 heterocycles. The van der Waals surface area contributed by atoms with E-state index in [0.29, 0.717) is 11.6 Å². The zero-order valence-corrected chi connectivity index (χ0v) is 9.40. The molecule has 0 spiro atoms. The zero-order chi connectivity index (χ0) is 11.7. The molecule has 1 unspecified atom stereocenters. The predicted molar refractivity (Wildman–Crippen MR) is 61.8 cm³/mol. The maximum Gasteiger partial charge on any atom is 0.226 e. The van der Waals surface area contributed by atoms with Crippen LogP contribution < -0.4 is 0 Å². The van der Waals surface area contributed by atoms with Gasteiger partial charge in [-0.3, -0.25) is 0 Å². The molecule has 83 valence electrons. The fraction of sp³-hybridized carbons (Fsp3) is 0.231. The average molecular weight is 216 g/mol. The monoisotopic (exact) mass is 216 g/mol. The van der Waals surface area contributed by atoms with Crippen LogP contribution >= 0.6 is 0 Å². The van der Waals surface area contributed by atoms with Gasteiger partial charge in [-0.05, 0) is 38.5 Å². The van der Waals surface area contributed by atoms with Gasteiger partial charge in [0.1, 0.15) is 5.76 Å². The molecular formula is C13H14NO2. The van der Waals surface area contributed by atoms with Crippen molar-refractivity contribution in [3.8, 4) is 11.5 Å². The lowest BCUT2D eigenvalue weighted by Gasteiger charge is -2.05. The third kappa shape index (κ3) is 1.99. The van der Waals surface area contributed by atoms with Crippen LogP contribution in [-0.2, 0) is 0 Å². The number of hydrogen-bond acceptors (Lipinski definition) is 3. The first-order valence-corrected chi connectivity index (χ1v) is 5.15. The van der Waals surface area contributed by atoms with Crippen LogP contribution in [0.3, 0.4) is 0 Å². The fourth-order valence-corrected chi connectivity index (χ4v) is 1.48. The second kappa shape index (κ2) is 4.10. The molecular weight excluding hydrogens is 202 g/mol. The molecule has 0 fully saturated rings. The minimum atomic E-state index is -0.491. The average Bonchev–Trinajstić information content (AvgIpc) is 2.59. The largest absolute Gasteiger partial charge is 0.441 e. The highest BCUT2D eigenvalue weighted by Gasteiger charge is 2.09. The Bertz CT molecular complexity index is 481. The molecule has 0 aliphatic rings. The molecule has 0 amide bonds. The van der Waals surface area contributed by atoms with Gasteiger partial charge in [0, 0.05) is 5.56 Å². The number of benzene rings is 1. The molecule has 16 heavy (non-hydrogen) atoms. The Hall–Kier alpha value is -1.61. The van der Waals surface area contributed by atoms with Crippen molar-refractivity contribution in [2.24, 2.45) is 0 Å². The van der Waals surface area contributed by atoms with Gasteiger partial charge in [0.2, 0.25) is 5.89 Å². The van der Waals surface area contributed by atoms with Crippen molar-refractivity contribution < 1.29 is 9.52 Å². The highest BCUT2D eigenvalue weighted by Crippen LogP contribution is 2.24. The molecule has 0 saturated carbocycles. The van der Waals surface area contributed by atoms with Gasteiger partial charge in [-0.2, -0.15) is 0 Å². The summed E-state index contributed by atoms with van der Waals surface area (Å²) in [6.45, 7) is 7.33. The molecule has 3 nitrogen and oxygen atoms in total. The van der Waals surface area contributed by atoms with E-state index in [4.69, 9.17) is 4.42 Å². The summed E-state index contributed by atoms with van der Waals surface area (Å²) in [5.41, 5.74) is 2.35. The van der Waals surface area contributed by atoms with Gasteiger partial charge in [-0.15, -0.1) is 0 Å². The summed E-state index contributed by atoms with van der Waals surface area (Å²) >= 11 is 0. The van der Waals surface area contributed by atoms with Crippen molar-refractivity contribution in [2.45, 2.75) is 20.0 Å². The third-order valence-electron chi connectivity index (χ3n) is 2.51. The molecule has 0 bridgehead atoms. The highest BCUT2D eigenvalue weighted by atomic mass is 16.4. The van der Waals surface area contributed by atoms with E-state index in [1.807, 2.05) is 31.2 Å². The summed E-state index contributed by atoms with van der Waals surface area (Å²) in [5, 5.41) is 9.49. The molecule has 1 N–H and O–H groups in total. The number of aliphatic hydroxyl groups is 1. The predicted octanol–water partition coefficient (Wildman–Crippen LogP) is 2.89. The Morgan fingerprint density at radius 2 is 2.19 bits per heavy atom. The molecule has 0 aliphatic carbocycles. The first-order chi connectivity index (χ1) is 7.58. The number of rotatable bonds is 2. The Kier molecular flexibility index (Phi) is 2.79. The summed E-state index contributed by atoms with van der Waals surface area (Å²) < 4.78 is 5.48. The molecule has 2 rings (SSSR count). The first kappa shape index (κ1) is 10.9. The second-order valence-corrected chi connectivity index (χ2v) is 3.82. The van der Waals surface area contributed by atoms with Crippen LogP contribution in [0.4, 0.5) is 0 Å². The maximum atomic E-state index is 9.49. The van der Waals surface area contributed by atoms with Crippen molar-refractivity contribution in [1.82, 2.24) is 4.98 Å². The van der Waals surface area contributed by atoms with Gasteiger partial charge in [0.25, 0.3) is 0 Å². The van der Waals surface area contributed by atoms with E-state index in [2.05, 4.69) is 11.9 Å². The number of aliphatic hydroxyl groups excluding tert-OH is 1. The molecule has 3 heteroatoms. The van der Waals surface area contributed by atoms with Crippen molar-refractivity contribution in [3.63, 3.8) is 0 Å². The Morgan fingerprint density at radius 1 is 1.44 bits per heavy atom. The van der Waals surface area contributed by atoms with E-state index >= 15 is 0 Å². The third-order valence-corrected chi connectivity index (χ3v) is 2.51. The summed E-state index contributed by atoms with van der Waals surface area (Å²) in [6, 6.07) is 7.51. The van der Waals surface area contributed by atoms with Gasteiger partial charge < -0.3 is 9.52 Å². The van der Waals surface area contributed by atoms with E-state index in [1.54, 1.807) is 6.92 Å². The van der Waals surface area contributed by atoms with E-state index in [1.165, 1.54) is 0 Å². The van der Waals surface area contributed by atoms with Gasteiger partial charge in [-0.1, -0.05) is 12.1 Å². The highest BCUT2D eigenvalue weighted by molar-refractivity contribution is 5.55. The Morgan fingerprint density at radius 3 is 2.75 bits per heavy atom. The minimum Gasteiger partial charge on any atom is -0.441 e. The van der Waals surface area contributed by atoms with Crippen LogP contribution in [-0.4, -0.2) is 10.1 Å². The van der Waals surface area contributed by atoms with Gasteiger partial charge in [0.05, 0.1) is 11.8 Å². The number of oxazole rings is 1. The number of aryl methyl sites for hydroxylation is 1. The lowest BCUT2D eigenvalue weighted by Crippen LogP contribution is -1.90. The molecule has 1 radical (unpaired) electrons. The zero-order valence-electron chi connectivity index (χ0n) is 9.40. The standard InChI is InChI=1S/C13H14NO2/c1-8-10(3)16-13(14-8)12-6-4-5-11(7-12)9(2)15/h4-7,9,15H,1H2,2-3H3.